The fourth-order valence-electron chi connectivity index (χ4n) is 3.87. The lowest BCUT2D eigenvalue weighted by Gasteiger charge is -2.22. The molecule has 1 saturated carbocycles. The van der Waals surface area contributed by atoms with E-state index in [0.717, 1.165) is 42.5 Å². The standard InChI is InChI=1S/C20H22BrNO/c1-3-12-22(13-4-2)15-10-8-14(9-11-15)18-16-6-5-7-17(16)20(23)19(18)21/h3-4,8-11,16-17H,1-2,5-7,12-13H2. The van der Waals surface area contributed by atoms with Crippen molar-refractivity contribution in [3.63, 3.8) is 0 Å². The first-order valence-corrected chi connectivity index (χ1v) is 8.97. The predicted molar refractivity (Wildman–Crippen MR) is 101 cm³/mol. The minimum absolute atomic E-state index is 0.206. The zero-order valence-electron chi connectivity index (χ0n) is 13.3. The number of anilines is 1. The summed E-state index contributed by atoms with van der Waals surface area (Å²) in [5.41, 5.74) is 3.53. The van der Waals surface area contributed by atoms with E-state index in [1.54, 1.807) is 0 Å². The molecule has 2 nitrogen and oxygen atoms in total. The molecule has 0 amide bonds. The van der Waals surface area contributed by atoms with Gasteiger partial charge in [0.2, 0.25) is 0 Å². The molecule has 0 heterocycles. The van der Waals surface area contributed by atoms with Crippen LogP contribution < -0.4 is 4.90 Å². The summed E-state index contributed by atoms with van der Waals surface area (Å²) in [4.78, 5) is 14.6. The van der Waals surface area contributed by atoms with Crippen molar-refractivity contribution in [1.29, 1.82) is 0 Å². The highest BCUT2D eigenvalue weighted by atomic mass is 79.9. The molecule has 0 radical (unpaired) electrons. The highest BCUT2D eigenvalue weighted by molar-refractivity contribution is 9.12. The Kier molecular flexibility index (Phi) is 4.86. The smallest absolute Gasteiger partial charge is 0.173 e. The molecule has 0 saturated heterocycles. The minimum atomic E-state index is 0.206. The van der Waals surface area contributed by atoms with Gasteiger partial charge in [0, 0.05) is 24.7 Å². The van der Waals surface area contributed by atoms with Gasteiger partial charge in [-0.15, -0.1) is 13.2 Å². The summed E-state index contributed by atoms with van der Waals surface area (Å²) in [7, 11) is 0. The number of rotatable bonds is 6. The monoisotopic (exact) mass is 371 g/mol. The van der Waals surface area contributed by atoms with Crippen molar-refractivity contribution in [1.82, 2.24) is 0 Å². The molecule has 0 bridgehead atoms. The Hall–Kier alpha value is -1.61. The van der Waals surface area contributed by atoms with E-state index in [9.17, 15) is 4.79 Å². The van der Waals surface area contributed by atoms with Crippen molar-refractivity contribution >= 4 is 33.0 Å². The van der Waals surface area contributed by atoms with Gasteiger partial charge in [-0.25, -0.2) is 0 Å². The number of ketones is 1. The van der Waals surface area contributed by atoms with Crippen LogP contribution in [0.1, 0.15) is 24.8 Å². The van der Waals surface area contributed by atoms with Crippen molar-refractivity contribution < 1.29 is 4.79 Å². The Labute approximate surface area is 146 Å². The largest absolute Gasteiger partial charge is 0.364 e. The maximum Gasteiger partial charge on any atom is 0.173 e. The number of hydrogen-bond donors (Lipinski definition) is 0. The second-order valence-electron chi connectivity index (χ2n) is 6.27. The molecule has 23 heavy (non-hydrogen) atoms. The summed E-state index contributed by atoms with van der Waals surface area (Å²) in [5.74, 6) is 0.906. The van der Waals surface area contributed by atoms with Gasteiger partial charge in [0.25, 0.3) is 0 Å². The Bertz CT molecular complexity index is 649. The van der Waals surface area contributed by atoms with Crippen LogP contribution >= 0.6 is 15.9 Å². The van der Waals surface area contributed by atoms with Crippen LogP contribution in [0.15, 0.2) is 54.1 Å². The quantitative estimate of drug-likeness (QED) is 0.657. The molecule has 0 aliphatic heterocycles. The molecule has 1 aromatic rings. The summed E-state index contributed by atoms with van der Waals surface area (Å²) in [6.45, 7) is 9.22. The van der Waals surface area contributed by atoms with Crippen molar-refractivity contribution in [2.45, 2.75) is 19.3 Å². The Balaban J connectivity index is 1.88. The first-order chi connectivity index (χ1) is 11.2. The second kappa shape index (κ2) is 6.88. The van der Waals surface area contributed by atoms with E-state index in [4.69, 9.17) is 0 Å². The van der Waals surface area contributed by atoms with Crippen molar-refractivity contribution in [2.24, 2.45) is 11.8 Å². The van der Waals surface area contributed by atoms with Crippen LogP contribution in [0, 0.1) is 11.8 Å². The van der Waals surface area contributed by atoms with Crippen molar-refractivity contribution in [3.05, 3.63) is 59.6 Å². The zero-order chi connectivity index (χ0) is 16.4. The maximum absolute atomic E-state index is 12.4. The van der Waals surface area contributed by atoms with Gasteiger partial charge in [-0.3, -0.25) is 4.79 Å². The molecule has 2 atom stereocenters. The SMILES string of the molecule is C=CCN(CC=C)c1ccc(C2=C(Br)C(=O)C3CCCC23)cc1. The maximum atomic E-state index is 12.4. The van der Waals surface area contributed by atoms with Gasteiger partial charge in [0.05, 0.1) is 4.48 Å². The van der Waals surface area contributed by atoms with Crippen LogP contribution in [0.5, 0.6) is 0 Å². The number of Topliss-reactive ketones (excluding diaryl/α,β-unsaturated/α-hetero) is 1. The fraction of sp³-hybridized carbons (Fsp3) is 0.350. The highest BCUT2D eigenvalue weighted by Gasteiger charge is 2.43. The molecule has 120 valence electrons. The van der Waals surface area contributed by atoms with E-state index >= 15 is 0 Å². The van der Waals surface area contributed by atoms with Crippen LogP contribution in [0.4, 0.5) is 5.69 Å². The van der Waals surface area contributed by atoms with E-state index in [2.05, 4.69) is 58.3 Å². The summed E-state index contributed by atoms with van der Waals surface area (Å²) >= 11 is 3.55. The average molecular weight is 372 g/mol. The third-order valence-electron chi connectivity index (χ3n) is 4.92. The second-order valence-corrected chi connectivity index (χ2v) is 7.06. The molecule has 0 N–H and O–H groups in total. The van der Waals surface area contributed by atoms with E-state index < -0.39 is 0 Å². The minimum Gasteiger partial charge on any atom is -0.364 e. The molecule has 3 heteroatoms. The molecular weight excluding hydrogens is 350 g/mol. The predicted octanol–water partition coefficient (Wildman–Crippen LogP) is 4.97. The van der Waals surface area contributed by atoms with Crippen LogP contribution in [0.2, 0.25) is 0 Å². The summed E-state index contributed by atoms with van der Waals surface area (Å²) in [6, 6.07) is 8.53. The number of carbonyl (C=O) groups excluding carboxylic acids is 1. The lowest BCUT2D eigenvalue weighted by molar-refractivity contribution is -0.118. The van der Waals surface area contributed by atoms with Gasteiger partial charge >= 0.3 is 0 Å². The fourth-order valence-corrected chi connectivity index (χ4v) is 4.68. The van der Waals surface area contributed by atoms with Gasteiger partial charge in [-0.1, -0.05) is 30.7 Å². The van der Waals surface area contributed by atoms with E-state index in [-0.39, 0.29) is 5.92 Å². The number of halogens is 1. The highest BCUT2D eigenvalue weighted by Crippen LogP contribution is 2.51. The number of hydrogen-bond acceptors (Lipinski definition) is 2. The Morgan fingerprint density at radius 1 is 1.09 bits per heavy atom. The van der Waals surface area contributed by atoms with E-state index in [0.29, 0.717) is 11.7 Å². The molecule has 2 unspecified atom stereocenters. The zero-order valence-corrected chi connectivity index (χ0v) is 14.9. The lowest BCUT2D eigenvalue weighted by atomic mass is 9.90. The average Bonchev–Trinajstić information content (AvgIpc) is 3.11. The van der Waals surface area contributed by atoms with E-state index in [1.807, 2.05) is 12.2 Å². The molecule has 1 aromatic carbocycles. The molecular formula is C20H22BrNO. The van der Waals surface area contributed by atoms with Crippen molar-refractivity contribution in [2.75, 3.05) is 18.0 Å². The molecule has 0 spiro atoms. The summed E-state index contributed by atoms with van der Waals surface area (Å²) < 4.78 is 0.800. The number of benzene rings is 1. The van der Waals surface area contributed by atoms with Crippen LogP contribution in [-0.2, 0) is 4.79 Å². The molecule has 1 fully saturated rings. The Morgan fingerprint density at radius 3 is 2.30 bits per heavy atom. The molecule has 3 rings (SSSR count). The van der Waals surface area contributed by atoms with Gasteiger partial charge in [0.1, 0.15) is 0 Å². The first-order valence-electron chi connectivity index (χ1n) is 8.18. The Morgan fingerprint density at radius 2 is 1.70 bits per heavy atom. The molecule has 2 aliphatic carbocycles. The van der Waals surface area contributed by atoms with Crippen LogP contribution in [-0.4, -0.2) is 18.9 Å². The first kappa shape index (κ1) is 16.3. The van der Waals surface area contributed by atoms with Gasteiger partial charge in [0.15, 0.2) is 5.78 Å². The normalized spacial score (nSPS) is 23.1. The molecule has 2 aliphatic rings. The summed E-state index contributed by atoms with van der Waals surface area (Å²) in [6.07, 6.45) is 7.12. The summed E-state index contributed by atoms with van der Waals surface area (Å²) in [5, 5.41) is 0. The molecule has 0 aromatic heterocycles. The lowest BCUT2D eigenvalue weighted by Crippen LogP contribution is -2.22. The number of nitrogens with zero attached hydrogens (tertiary/aromatic N) is 1. The topological polar surface area (TPSA) is 20.3 Å². The van der Waals surface area contributed by atoms with Gasteiger partial charge < -0.3 is 4.90 Å². The number of fused-ring (bicyclic) bond motifs is 1. The van der Waals surface area contributed by atoms with Crippen molar-refractivity contribution in [3.8, 4) is 0 Å². The van der Waals surface area contributed by atoms with Gasteiger partial charge in [-0.2, -0.15) is 0 Å². The van der Waals surface area contributed by atoms with E-state index in [1.165, 1.54) is 11.1 Å². The third-order valence-corrected chi connectivity index (χ3v) is 5.74. The van der Waals surface area contributed by atoms with Crippen LogP contribution in [0.3, 0.4) is 0 Å². The third kappa shape index (κ3) is 2.94. The van der Waals surface area contributed by atoms with Crippen LogP contribution in [0.25, 0.3) is 5.57 Å². The number of allylic oxidation sites excluding steroid dienone is 2. The number of carbonyl (C=O) groups is 1. The van der Waals surface area contributed by atoms with Gasteiger partial charge in [-0.05, 0) is 58.0 Å².